The molecule has 0 unspecified atom stereocenters. The van der Waals surface area contributed by atoms with Gasteiger partial charge in [-0.2, -0.15) is 4.73 Å². The molecule has 0 saturated heterocycles. The maximum absolute atomic E-state index is 12.9. The van der Waals surface area contributed by atoms with Crippen LogP contribution >= 0.6 is 0 Å². The number of pyridine rings is 1. The van der Waals surface area contributed by atoms with Gasteiger partial charge in [-0.1, -0.05) is 26.0 Å². The number of carbonyl (C=O) groups is 3. The van der Waals surface area contributed by atoms with Crippen LogP contribution in [0.25, 0.3) is 0 Å². The van der Waals surface area contributed by atoms with Gasteiger partial charge >= 0.3 is 0 Å². The molecular formula is C22H22N2O6. The van der Waals surface area contributed by atoms with Gasteiger partial charge in [0.05, 0.1) is 10.8 Å². The average Bonchev–Trinajstić information content (AvgIpc) is 2.66. The molecule has 8 heteroatoms. The molecular weight excluding hydrogens is 388 g/mol. The quantitative estimate of drug-likeness (QED) is 0.180. The highest BCUT2D eigenvalue weighted by Gasteiger charge is 2.45. The number of non-ortho nitro benzene ring substituents is 1. The maximum atomic E-state index is 12.9. The van der Waals surface area contributed by atoms with Gasteiger partial charge in [-0.3, -0.25) is 24.5 Å². The first kappa shape index (κ1) is 21.3. The van der Waals surface area contributed by atoms with Gasteiger partial charge in [0.15, 0.2) is 6.20 Å². The van der Waals surface area contributed by atoms with E-state index in [2.05, 4.69) is 0 Å². The summed E-state index contributed by atoms with van der Waals surface area (Å²) in [6.45, 7) is 3.66. The first-order valence-corrected chi connectivity index (χ1v) is 9.60. The van der Waals surface area contributed by atoms with Gasteiger partial charge in [0.1, 0.15) is 11.6 Å². The van der Waals surface area contributed by atoms with E-state index in [1.807, 2.05) is 13.8 Å². The second-order valence-electron chi connectivity index (χ2n) is 8.43. The summed E-state index contributed by atoms with van der Waals surface area (Å²) in [5, 5.41) is 23.2. The number of nitrogens with zero attached hydrogens (tertiary/aromatic N) is 2. The number of carbonyl (C=O) groups excluding carboxylic acids is 3. The highest BCUT2D eigenvalue weighted by atomic mass is 16.6. The van der Waals surface area contributed by atoms with Gasteiger partial charge in [-0.25, -0.2) is 0 Å². The van der Waals surface area contributed by atoms with Crippen molar-refractivity contribution >= 4 is 23.0 Å². The lowest BCUT2D eigenvalue weighted by molar-refractivity contribution is -0.607. The van der Waals surface area contributed by atoms with E-state index in [1.54, 1.807) is 12.1 Å². The normalized spacial score (nSPS) is 17.5. The fourth-order valence-electron chi connectivity index (χ4n) is 4.10. The Labute approximate surface area is 173 Å². The molecule has 1 aliphatic carbocycles. The van der Waals surface area contributed by atoms with Crippen LogP contribution in [0.15, 0.2) is 48.7 Å². The second-order valence-corrected chi connectivity index (χ2v) is 8.43. The lowest BCUT2D eigenvalue weighted by atomic mass is 9.65. The molecule has 1 saturated carbocycles. The maximum Gasteiger partial charge on any atom is 0.269 e. The Morgan fingerprint density at radius 2 is 1.83 bits per heavy atom. The summed E-state index contributed by atoms with van der Waals surface area (Å²) in [6.07, 6.45) is 1.26. The summed E-state index contributed by atoms with van der Waals surface area (Å²) in [7, 11) is 0. The van der Waals surface area contributed by atoms with Crippen LogP contribution in [0.3, 0.4) is 0 Å². The van der Waals surface area contributed by atoms with Crippen LogP contribution in [0.2, 0.25) is 0 Å². The molecule has 8 nitrogen and oxygen atoms in total. The summed E-state index contributed by atoms with van der Waals surface area (Å²) in [6, 6.07) is 10.0. The highest BCUT2D eigenvalue weighted by molar-refractivity contribution is 6.07. The molecule has 3 rings (SSSR count). The first-order valence-electron chi connectivity index (χ1n) is 9.60. The van der Waals surface area contributed by atoms with Crippen LogP contribution in [0.1, 0.15) is 55.1 Å². The van der Waals surface area contributed by atoms with Gasteiger partial charge in [-0.15, -0.1) is 0 Å². The number of rotatable bonds is 6. The zero-order valence-corrected chi connectivity index (χ0v) is 16.7. The smallest absolute Gasteiger partial charge is 0.269 e. The molecule has 2 aromatic rings. The van der Waals surface area contributed by atoms with E-state index in [1.165, 1.54) is 36.5 Å². The molecule has 156 valence electrons. The third-order valence-electron chi connectivity index (χ3n) is 5.43. The number of Topliss-reactive ketones (excluding diaryl/α,β-unsaturated/α-hetero) is 3. The van der Waals surface area contributed by atoms with Gasteiger partial charge in [0.2, 0.25) is 5.78 Å². The molecule has 1 atom stereocenters. The van der Waals surface area contributed by atoms with Crippen molar-refractivity contribution in [1.29, 1.82) is 0 Å². The van der Waals surface area contributed by atoms with E-state index in [-0.39, 0.29) is 42.2 Å². The summed E-state index contributed by atoms with van der Waals surface area (Å²) >= 11 is 0. The number of nitro groups is 1. The first-order chi connectivity index (χ1) is 14.1. The summed E-state index contributed by atoms with van der Waals surface area (Å²) in [5.74, 6) is -3.07. The van der Waals surface area contributed by atoms with Crippen molar-refractivity contribution in [1.82, 2.24) is 0 Å². The van der Waals surface area contributed by atoms with Crippen molar-refractivity contribution in [3.05, 3.63) is 75.2 Å². The number of ketones is 3. The van der Waals surface area contributed by atoms with Crippen molar-refractivity contribution < 1.29 is 24.0 Å². The molecule has 0 spiro atoms. The predicted molar refractivity (Wildman–Crippen MR) is 107 cm³/mol. The topological polar surface area (TPSA) is 121 Å². The lowest BCUT2D eigenvalue weighted by Gasteiger charge is -2.35. The zero-order valence-electron chi connectivity index (χ0n) is 16.7. The Kier molecular flexibility index (Phi) is 5.78. The third kappa shape index (κ3) is 4.42. The average molecular weight is 410 g/mol. The summed E-state index contributed by atoms with van der Waals surface area (Å²) in [4.78, 5) is 49.3. The third-order valence-corrected chi connectivity index (χ3v) is 5.43. The number of aromatic nitrogens is 1. The van der Waals surface area contributed by atoms with E-state index < -0.39 is 28.0 Å². The molecule has 1 aliphatic rings. The van der Waals surface area contributed by atoms with Crippen LogP contribution in [0.5, 0.6) is 0 Å². The van der Waals surface area contributed by atoms with E-state index in [9.17, 15) is 29.7 Å². The monoisotopic (exact) mass is 410 g/mol. The zero-order chi connectivity index (χ0) is 22.1. The van der Waals surface area contributed by atoms with Crippen LogP contribution in [-0.2, 0) is 9.59 Å². The Hall–Kier alpha value is -3.42. The molecule has 0 N–H and O–H groups in total. The fraction of sp³-hybridized carbons (Fsp3) is 0.364. The number of hydrogen-bond acceptors (Lipinski definition) is 6. The summed E-state index contributed by atoms with van der Waals surface area (Å²) in [5.41, 5.74) is -0.416. The number of nitro benzene ring substituents is 1. The van der Waals surface area contributed by atoms with Crippen LogP contribution in [-0.4, -0.2) is 22.3 Å². The van der Waals surface area contributed by atoms with Gasteiger partial charge < -0.3 is 5.21 Å². The second kappa shape index (κ2) is 8.14. The van der Waals surface area contributed by atoms with Crippen molar-refractivity contribution in [3.8, 4) is 0 Å². The molecule has 1 aromatic carbocycles. The highest BCUT2D eigenvalue weighted by Crippen LogP contribution is 2.41. The molecule has 30 heavy (non-hydrogen) atoms. The van der Waals surface area contributed by atoms with Gasteiger partial charge in [0, 0.05) is 49.4 Å². The van der Waals surface area contributed by atoms with Gasteiger partial charge in [-0.05, 0) is 17.0 Å². The van der Waals surface area contributed by atoms with Crippen LogP contribution in [0.4, 0.5) is 5.69 Å². The predicted octanol–water partition coefficient (Wildman–Crippen LogP) is 3.16. The minimum Gasteiger partial charge on any atom is -0.618 e. The Morgan fingerprint density at radius 1 is 1.17 bits per heavy atom. The Morgan fingerprint density at radius 3 is 2.43 bits per heavy atom. The van der Waals surface area contributed by atoms with E-state index >= 15 is 0 Å². The van der Waals surface area contributed by atoms with Crippen molar-refractivity contribution in [2.75, 3.05) is 0 Å². The number of hydrogen-bond donors (Lipinski definition) is 0. The SMILES string of the molecule is CC1(C)CC(=O)C([C@H](CC(=O)c2cccc[n+]2[O-])c2cccc([N+](=O)[O-])c2)C(=O)C1. The van der Waals surface area contributed by atoms with Crippen LogP contribution in [0, 0.1) is 26.7 Å². The van der Waals surface area contributed by atoms with E-state index in [4.69, 9.17) is 0 Å². The minimum atomic E-state index is -1.08. The van der Waals surface area contributed by atoms with Crippen molar-refractivity contribution in [3.63, 3.8) is 0 Å². The number of benzene rings is 1. The van der Waals surface area contributed by atoms with Crippen LogP contribution < -0.4 is 4.73 Å². The standard InChI is InChI=1S/C22H22N2O6/c1-22(2)12-19(26)21(20(27)13-22)16(14-6-5-7-15(10-14)24(29)30)11-18(25)17-8-3-4-9-23(17)28/h3-10,16,21H,11-13H2,1-2H3/t16-/m1/s1. The molecule has 0 aliphatic heterocycles. The van der Waals surface area contributed by atoms with Crippen molar-refractivity contribution in [2.45, 2.75) is 39.0 Å². The molecule has 0 bridgehead atoms. The molecule has 0 radical (unpaired) electrons. The van der Waals surface area contributed by atoms with Crippen molar-refractivity contribution in [2.24, 2.45) is 11.3 Å². The van der Waals surface area contributed by atoms with Gasteiger partial charge in [0.25, 0.3) is 11.4 Å². The molecule has 1 aromatic heterocycles. The molecule has 0 amide bonds. The van der Waals surface area contributed by atoms with E-state index in [0.29, 0.717) is 10.3 Å². The molecule has 1 fully saturated rings. The summed E-state index contributed by atoms with van der Waals surface area (Å²) < 4.78 is 0.431. The lowest BCUT2D eigenvalue weighted by Crippen LogP contribution is -2.42. The Bertz CT molecular complexity index is 1010. The Balaban J connectivity index is 2.03. The largest absolute Gasteiger partial charge is 0.618 e. The minimum absolute atomic E-state index is 0.107. The molecule has 1 heterocycles. The fourth-order valence-corrected chi connectivity index (χ4v) is 4.10. The van der Waals surface area contributed by atoms with E-state index in [0.717, 1.165) is 0 Å².